The number of para-hydroxylation sites is 1. The van der Waals surface area contributed by atoms with Crippen LogP contribution >= 0.6 is 0 Å². The standard InChI is InChI=1S/C16H25NO3/c1-3-16(18,4-2)12-17-11-13-7-5-8-14-15(13)20-10-6-9-19-14/h5,7-8,17-18H,3-4,6,9-12H2,1-2H3. The van der Waals surface area contributed by atoms with Gasteiger partial charge < -0.3 is 19.9 Å². The third kappa shape index (κ3) is 3.64. The zero-order valence-corrected chi connectivity index (χ0v) is 12.4. The number of hydrogen-bond acceptors (Lipinski definition) is 4. The average Bonchev–Trinajstić information content (AvgIpc) is 2.73. The number of hydrogen-bond donors (Lipinski definition) is 2. The number of rotatable bonds is 6. The minimum absolute atomic E-state index is 0.588. The van der Waals surface area contributed by atoms with Crippen LogP contribution in [-0.4, -0.2) is 30.5 Å². The van der Waals surface area contributed by atoms with Crippen molar-refractivity contribution < 1.29 is 14.6 Å². The van der Waals surface area contributed by atoms with Gasteiger partial charge in [-0.2, -0.15) is 0 Å². The van der Waals surface area contributed by atoms with Crippen LogP contribution in [0, 0.1) is 0 Å². The minimum Gasteiger partial charge on any atom is -0.490 e. The first-order valence-corrected chi connectivity index (χ1v) is 7.49. The Bertz CT molecular complexity index is 430. The number of fused-ring (bicyclic) bond motifs is 1. The third-order valence-corrected chi connectivity index (χ3v) is 3.94. The zero-order chi connectivity index (χ0) is 14.4. The molecule has 0 fully saturated rings. The first-order chi connectivity index (χ1) is 9.68. The molecule has 1 aliphatic heterocycles. The second-order valence-corrected chi connectivity index (χ2v) is 5.33. The highest BCUT2D eigenvalue weighted by molar-refractivity contribution is 5.47. The fourth-order valence-corrected chi connectivity index (χ4v) is 2.32. The van der Waals surface area contributed by atoms with Crippen LogP contribution in [-0.2, 0) is 6.54 Å². The maximum Gasteiger partial charge on any atom is 0.165 e. The van der Waals surface area contributed by atoms with Crippen molar-refractivity contribution in [3.05, 3.63) is 23.8 Å². The highest BCUT2D eigenvalue weighted by Gasteiger charge is 2.22. The van der Waals surface area contributed by atoms with Gasteiger partial charge in [0.05, 0.1) is 18.8 Å². The lowest BCUT2D eigenvalue weighted by atomic mass is 9.97. The number of benzene rings is 1. The van der Waals surface area contributed by atoms with Gasteiger partial charge in [-0.3, -0.25) is 0 Å². The summed E-state index contributed by atoms with van der Waals surface area (Å²) in [6, 6.07) is 5.96. The van der Waals surface area contributed by atoms with E-state index in [1.807, 2.05) is 32.0 Å². The molecule has 1 heterocycles. The van der Waals surface area contributed by atoms with Gasteiger partial charge in [-0.1, -0.05) is 26.0 Å². The Balaban J connectivity index is 2.00. The molecule has 2 rings (SSSR count). The van der Waals surface area contributed by atoms with Gasteiger partial charge >= 0.3 is 0 Å². The highest BCUT2D eigenvalue weighted by atomic mass is 16.5. The van der Waals surface area contributed by atoms with Crippen LogP contribution < -0.4 is 14.8 Å². The van der Waals surface area contributed by atoms with Crippen molar-refractivity contribution in [2.24, 2.45) is 0 Å². The number of ether oxygens (including phenoxy) is 2. The predicted molar refractivity (Wildman–Crippen MR) is 79.3 cm³/mol. The van der Waals surface area contributed by atoms with Crippen molar-refractivity contribution in [3.8, 4) is 11.5 Å². The van der Waals surface area contributed by atoms with E-state index < -0.39 is 5.60 Å². The van der Waals surface area contributed by atoms with Gasteiger partial charge in [0.15, 0.2) is 11.5 Å². The molecule has 0 saturated heterocycles. The molecular formula is C16H25NO3. The number of nitrogens with one attached hydrogen (secondary N) is 1. The molecular weight excluding hydrogens is 254 g/mol. The van der Waals surface area contributed by atoms with Crippen molar-refractivity contribution in [1.29, 1.82) is 0 Å². The molecule has 1 aliphatic rings. The lowest BCUT2D eigenvalue weighted by molar-refractivity contribution is 0.0322. The molecule has 1 aromatic carbocycles. The summed E-state index contributed by atoms with van der Waals surface area (Å²) in [4.78, 5) is 0. The summed E-state index contributed by atoms with van der Waals surface area (Å²) < 4.78 is 11.5. The van der Waals surface area contributed by atoms with Crippen molar-refractivity contribution in [2.45, 2.75) is 45.3 Å². The van der Waals surface area contributed by atoms with Crippen LogP contribution in [0.15, 0.2) is 18.2 Å². The van der Waals surface area contributed by atoms with Gasteiger partial charge in [-0.15, -0.1) is 0 Å². The van der Waals surface area contributed by atoms with Crippen molar-refractivity contribution in [2.75, 3.05) is 19.8 Å². The first kappa shape index (κ1) is 15.1. The van der Waals surface area contributed by atoms with Crippen molar-refractivity contribution >= 4 is 0 Å². The zero-order valence-electron chi connectivity index (χ0n) is 12.4. The fourth-order valence-electron chi connectivity index (χ4n) is 2.32. The van der Waals surface area contributed by atoms with E-state index in [0.29, 0.717) is 26.3 Å². The van der Waals surface area contributed by atoms with Gasteiger partial charge in [-0.25, -0.2) is 0 Å². The van der Waals surface area contributed by atoms with E-state index >= 15 is 0 Å². The molecule has 0 amide bonds. The monoisotopic (exact) mass is 279 g/mol. The number of aliphatic hydroxyl groups is 1. The van der Waals surface area contributed by atoms with Gasteiger partial charge in [-0.05, 0) is 18.9 Å². The molecule has 112 valence electrons. The summed E-state index contributed by atoms with van der Waals surface area (Å²) in [7, 11) is 0. The summed E-state index contributed by atoms with van der Waals surface area (Å²) in [5, 5.41) is 13.6. The van der Waals surface area contributed by atoms with Crippen LogP contribution in [0.4, 0.5) is 0 Å². The first-order valence-electron chi connectivity index (χ1n) is 7.49. The van der Waals surface area contributed by atoms with Crippen molar-refractivity contribution in [1.82, 2.24) is 5.32 Å². The molecule has 20 heavy (non-hydrogen) atoms. The largest absolute Gasteiger partial charge is 0.490 e. The fraction of sp³-hybridized carbons (Fsp3) is 0.625. The summed E-state index contributed by atoms with van der Waals surface area (Å²) in [5.74, 6) is 1.66. The van der Waals surface area contributed by atoms with Gasteiger partial charge in [0.1, 0.15) is 0 Å². The molecule has 0 aliphatic carbocycles. The van der Waals surface area contributed by atoms with Crippen LogP contribution in [0.1, 0.15) is 38.7 Å². The lowest BCUT2D eigenvalue weighted by Crippen LogP contribution is -2.39. The van der Waals surface area contributed by atoms with E-state index in [4.69, 9.17) is 9.47 Å². The van der Waals surface area contributed by atoms with E-state index in [1.54, 1.807) is 0 Å². The van der Waals surface area contributed by atoms with E-state index in [9.17, 15) is 5.11 Å². The van der Waals surface area contributed by atoms with E-state index in [-0.39, 0.29) is 0 Å². The van der Waals surface area contributed by atoms with Crippen LogP contribution in [0.25, 0.3) is 0 Å². The topological polar surface area (TPSA) is 50.7 Å². The van der Waals surface area contributed by atoms with E-state index in [0.717, 1.165) is 36.3 Å². The predicted octanol–water partition coefficient (Wildman–Crippen LogP) is 2.49. The molecule has 0 radical (unpaired) electrons. The SMILES string of the molecule is CCC(O)(CC)CNCc1cccc2c1OCCCO2. The molecule has 0 saturated carbocycles. The van der Waals surface area contributed by atoms with Gasteiger partial charge in [0.2, 0.25) is 0 Å². The van der Waals surface area contributed by atoms with Gasteiger partial charge in [0.25, 0.3) is 0 Å². The second kappa shape index (κ2) is 6.95. The summed E-state index contributed by atoms with van der Waals surface area (Å²) in [6.07, 6.45) is 2.42. The quantitative estimate of drug-likeness (QED) is 0.840. The van der Waals surface area contributed by atoms with E-state index in [2.05, 4.69) is 5.32 Å². The normalized spacial score (nSPS) is 14.9. The van der Waals surface area contributed by atoms with Crippen LogP contribution in [0.3, 0.4) is 0 Å². The van der Waals surface area contributed by atoms with Gasteiger partial charge in [0, 0.05) is 25.1 Å². The Hall–Kier alpha value is -1.26. The Kier molecular flexibility index (Phi) is 5.26. The Morgan fingerprint density at radius 1 is 1.20 bits per heavy atom. The molecule has 0 atom stereocenters. The Morgan fingerprint density at radius 3 is 2.70 bits per heavy atom. The van der Waals surface area contributed by atoms with Crippen LogP contribution in [0.2, 0.25) is 0 Å². The van der Waals surface area contributed by atoms with Crippen LogP contribution in [0.5, 0.6) is 11.5 Å². The molecule has 1 aromatic rings. The second-order valence-electron chi connectivity index (χ2n) is 5.33. The molecule has 0 bridgehead atoms. The molecule has 4 heteroatoms. The lowest BCUT2D eigenvalue weighted by Gasteiger charge is -2.25. The molecule has 2 N–H and O–H groups in total. The maximum atomic E-state index is 10.3. The smallest absolute Gasteiger partial charge is 0.165 e. The summed E-state index contributed by atoms with van der Waals surface area (Å²) in [5.41, 5.74) is 0.460. The minimum atomic E-state index is -0.622. The Labute approximate surface area is 121 Å². The maximum absolute atomic E-state index is 10.3. The van der Waals surface area contributed by atoms with Crippen molar-refractivity contribution in [3.63, 3.8) is 0 Å². The molecule has 0 spiro atoms. The molecule has 4 nitrogen and oxygen atoms in total. The highest BCUT2D eigenvalue weighted by Crippen LogP contribution is 2.33. The Morgan fingerprint density at radius 2 is 1.95 bits per heavy atom. The van der Waals surface area contributed by atoms with E-state index in [1.165, 1.54) is 0 Å². The average molecular weight is 279 g/mol. The summed E-state index contributed by atoms with van der Waals surface area (Å²) >= 11 is 0. The third-order valence-electron chi connectivity index (χ3n) is 3.94. The summed E-state index contributed by atoms with van der Waals surface area (Å²) in [6.45, 7) is 6.68. The molecule has 0 aromatic heterocycles. The molecule has 0 unspecified atom stereocenters.